The van der Waals surface area contributed by atoms with E-state index in [0.717, 1.165) is 11.3 Å². The van der Waals surface area contributed by atoms with Gasteiger partial charge in [0.2, 0.25) is 5.76 Å². The number of hydrogen-bond donors (Lipinski definition) is 1. The third-order valence-electron chi connectivity index (χ3n) is 2.50. The van der Waals surface area contributed by atoms with Crippen LogP contribution in [0.2, 0.25) is 0 Å². The van der Waals surface area contributed by atoms with Gasteiger partial charge in [-0.3, -0.25) is 4.79 Å². The summed E-state index contributed by atoms with van der Waals surface area (Å²) < 4.78 is 15.4. The highest BCUT2D eigenvalue weighted by Gasteiger charge is 2.14. The zero-order valence-corrected chi connectivity index (χ0v) is 10.1. The van der Waals surface area contributed by atoms with Gasteiger partial charge in [0.1, 0.15) is 25.2 Å². The van der Waals surface area contributed by atoms with Crippen molar-refractivity contribution >= 4 is 5.91 Å². The molecule has 5 heteroatoms. The first-order valence-corrected chi connectivity index (χ1v) is 5.66. The Hall–Kier alpha value is -2.17. The monoisotopic (exact) mass is 249 g/mol. The predicted octanol–water partition coefficient (Wildman–Crippen LogP) is 1.20. The summed E-state index contributed by atoms with van der Waals surface area (Å²) in [5.74, 6) is 0.657. The number of hydrogen-bond acceptors (Lipinski definition) is 4. The van der Waals surface area contributed by atoms with Crippen LogP contribution < -0.4 is 10.1 Å². The van der Waals surface area contributed by atoms with E-state index in [1.54, 1.807) is 7.11 Å². The van der Waals surface area contributed by atoms with Crippen molar-refractivity contribution in [2.24, 2.45) is 0 Å². The van der Waals surface area contributed by atoms with Gasteiger partial charge in [-0.1, -0.05) is 18.2 Å². The molecule has 0 aliphatic carbocycles. The molecule has 1 amide bonds. The van der Waals surface area contributed by atoms with Gasteiger partial charge in [-0.15, -0.1) is 0 Å². The van der Waals surface area contributed by atoms with E-state index < -0.39 is 0 Å². The molecule has 5 nitrogen and oxygen atoms in total. The van der Waals surface area contributed by atoms with Crippen molar-refractivity contribution in [3.8, 4) is 5.75 Å². The van der Waals surface area contributed by atoms with Gasteiger partial charge in [-0.05, 0) is 6.07 Å². The third kappa shape index (κ3) is 2.94. The number of carbonyl (C=O) groups is 1. The first-order valence-electron chi connectivity index (χ1n) is 5.66. The molecule has 0 fully saturated rings. The Bertz CT molecular complexity index is 456. The first kappa shape index (κ1) is 12.3. The van der Waals surface area contributed by atoms with Gasteiger partial charge >= 0.3 is 0 Å². The first-order chi connectivity index (χ1) is 8.81. The summed E-state index contributed by atoms with van der Waals surface area (Å²) in [7, 11) is 1.60. The Balaban J connectivity index is 1.94. The smallest absolute Gasteiger partial charge is 0.289 e. The third-order valence-corrected chi connectivity index (χ3v) is 2.50. The molecule has 2 rings (SSSR count). The molecule has 18 heavy (non-hydrogen) atoms. The van der Waals surface area contributed by atoms with Crippen molar-refractivity contribution in [2.75, 3.05) is 20.3 Å². The molecule has 0 saturated heterocycles. The molecule has 0 radical (unpaired) electrons. The maximum atomic E-state index is 11.7. The number of para-hydroxylation sites is 1. The lowest BCUT2D eigenvalue weighted by Crippen LogP contribution is -2.28. The Morgan fingerprint density at radius 2 is 2.22 bits per heavy atom. The molecule has 0 unspecified atom stereocenters. The molecule has 1 N–H and O–H groups in total. The van der Waals surface area contributed by atoms with E-state index in [2.05, 4.69) is 5.32 Å². The molecule has 1 aliphatic rings. The van der Waals surface area contributed by atoms with Crippen LogP contribution in [0.4, 0.5) is 0 Å². The van der Waals surface area contributed by atoms with E-state index in [1.807, 2.05) is 24.3 Å². The van der Waals surface area contributed by atoms with E-state index in [1.165, 1.54) is 6.26 Å². The van der Waals surface area contributed by atoms with Gasteiger partial charge in [0.15, 0.2) is 0 Å². The summed E-state index contributed by atoms with van der Waals surface area (Å²) in [6.07, 6.45) is 1.33. The van der Waals surface area contributed by atoms with Crippen molar-refractivity contribution < 1.29 is 19.0 Å². The highest BCUT2D eigenvalue weighted by Crippen LogP contribution is 2.17. The maximum absolute atomic E-state index is 11.7. The largest absolute Gasteiger partial charge is 0.496 e. The van der Waals surface area contributed by atoms with E-state index in [9.17, 15) is 4.79 Å². The van der Waals surface area contributed by atoms with E-state index >= 15 is 0 Å². The van der Waals surface area contributed by atoms with Crippen LogP contribution in [-0.2, 0) is 20.8 Å². The number of nitrogens with one attached hydrogen (secondary N) is 1. The summed E-state index contributed by atoms with van der Waals surface area (Å²) in [6, 6.07) is 7.51. The van der Waals surface area contributed by atoms with Crippen LogP contribution in [0.3, 0.4) is 0 Å². The molecular formula is C13H15NO4. The quantitative estimate of drug-likeness (QED) is 0.871. The molecule has 96 valence electrons. The van der Waals surface area contributed by atoms with Crippen LogP contribution in [0.5, 0.6) is 5.75 Å². The van der Waals surface area contributed by atoms with Crippen LogP contribution in [0.25, 0.3) is 0 Å². The lowest BCUT2D eigenvalue weighted by atomic mass is 10.2. The molecule has 1 aliphatic heterocycles. The van der Waals surface area contributed by atoms with E-state index in [4.69, 9.17) is 14.2 Å². The van der Waals surface area contributed by atoms with Gasteiger partial charge in [-0.2, -0.15) is 0 Å². The fourth-order valence-corrected chi connectivity index (χ4v) is 1.60. The topological polar surface area (TPSA) is 56.8 Å². The highest BCUT2D eigenvalue weighted by atomic mass is 16.6. The lowest BCUT2D eigenvalue weighted by Gasteiger charge is -2.15. The molecule has 0 saturated carbocycles. The van der Waals surface area contributed by atoms with Crippen molar-refractivity contribution in [1.82, 2.24) is 5.32 Å². The standard InChI is InChI=1S/C13H15NO4/c1-16-11-5-3-2-4-10(11)8-14-13(15)12-9-17-6-7-18-12/h2-5,9H,6-8H2,1H3,(H,14,15). The minimum Gasteiger partial charge on any atom is -0.496 e. The molecule has 0 bridgehead atoms. The summed E-state index contributed by atoms with van der Waals surface area (Å²) in [4.78, 5) is 11.7. The van der Waals surface area contributed by atoms with Gasteiger partial charge in [-0.25, -0.2) is 0 Å². The number of carbonyl (C=O) groups excluding carboxylic acids is 1. The fraction of sp³-hybridized carbons (Fsp3) is 0.308. The molecule has 0 aromatic heterocycles. The van der Waals surface area contributed by atoms with Gasteiger partial charge in [0.25, 0.3) is 5.91 Å². The van der Waals surface area contributed by atoms with Crippen molar-refractivity contribution in [3.05, 3.63) is 41.9 Å². The summed E-state index contributed by atoms with van der Waals surface area (Å²) in [5, 5.41) is 2.75. The Morgan fingerprint density at radius 3 is 2.94 bits per heavy atom. The Labute approximate surface area is 105 Å². The van der Waals surface area contributed by atoms with Crippen LogP contribution in [0.15, 0.2) is 36.3 Å². The summed E-state index contributed by atoms with van der Waals surface area (Å²) >= 11 is 0. The molecule has 1 aromatic rings. The van der Waals surface area contributed by atoms with Gasteiger partial charge in [0, 0.05) is 12.1 Å². The van der Waals surface area contributed by atoms with Crippen LogP contribution in [-0.4, -0.2) is 26.2 Å². The fourth-order valence-electron chi connectivity index (χ4n) is 1.60. The molecule has 1 aromatic carbocycles. The van der Waals surface area contributed by atoms with Crippen molar-refractivity contribution in [1.29, 1.82) is 0 Å². The summed E-state index contributed by atoms with van der Waals surface area (Å²) in [6.45, 7) is 1.25. The number of methoxy groups -OCH3 is 1. The molecule has 1 heterocycles. The second-order valence-electron chi connectivity index (χ2n) is 3.70. The zero-order chi connectivity index (χ0) is 12.8. The minimum absolute atomic E-state index is 0.205. The number of ether oxygens (including phenoxy) is 3. The van der Waals surface area contributed by atoms with Crippen LogP contribution >= 0.6 is 0 Å². The summed E-state index contributed by atoms with van der Waals surface area (Å²) in [5.41, 5.74) is 0.908. The lowest BCUT2D eigenvalue weighted by molar-refractivity contribution is -0.122. The molecule has 0 spiro atoms. The number of benzene rings is 1. The minimum atomic E-state index is -0.291. The van der Waals surface area contributed by atoms with Crippen molar-refractivity contribution in [2.45, 2.75) is 6.54 Å². The highest BCUT2D eigenvalue weighted by molar-refractivity contribution is 5.91. The van der Waals surface area contributed by atoms with E-state index in [0.29, 0.717) is 19.8 Å². The molecular weight excluding hydrogens is 234 g/mol. The normalized spacial score (nSPS) is 13.9. The predicted molar refractivity (Wildman–Crippen MR) is 64.8 cm³/mol. The van der Waals surface area contributed by atoms with Crippen molar-refractivity contribution in [3.63, 3.8) is 0 Å². The van der Waals surface area contributed by atoms with Crippen LogP contribution in [0, 0.1) is 0 Å². The number of amides is 1. The van der Waals surface area contributed by atoms with Gasteiger partial charge in [0.05, 0.1) is 7.11 Å². The Morgan fingerprint density at radius 1 is 1.39 bits per heavy atom. The van der Waals surface area contributed by atoms with E-state index in [-0.39, 0.29) is 11.7 Å². The van der Waals surface area contributed by atoms with Crippen LogP contribution in [0.1, 0.15) is 5.56 Å². The second kappa shape index (κ2) is 5.95. The van der Waals surface area contributed by atoms with Gasteiger partial charge < -0.3 is 19.5 Å². The average Bonchev–Trinajstić information content (AvgIpc) is 2.46. The molecule has 0 atom stereocenters. The Kier molecular flexibility index (Phi) is 4.06. The zero-order valence-electron chi connectivity index (χ0n) is 10.1. The SMILES string of the molecule is COc1ccccc1CNC(=O)C1=COCCO1. The number of rotatable bonds is 4. The maximum Gasteiger partial charge on any atom is 0.289 e. The second-order valence-corrected chi connectivity index (χ2v) is 3.70. The average molecular weight is 249 g/mol.